The number of halogens is 3. The number of hydrogen-bond donors (Lipinski definition) is 2. The smallest absolute Gasteiger partial charge is 0.250 e. The fourth-order valence-electron chi connectivity index (χ4n) is 4.28. The highest BCUT2D eigenvalue weighted by Gasteiger charge is 2.43. The number of amides is 1. The van der Waals surface area contributed by atoms with E-state index < -0.39 is 12.1 Å². The van der Waals surface area contributed by atoms with Gasteiger partial charge < -0.3 is 15.3 Å². The molecule has 2 atom stereocenters. The quantitative estimate of drug-likeness (QED) is 0.481. The number of anilines is 1. The second kappa shape index (κ2) is 8.30. The Labute approximate surface area is 200 Å². The zero-order valence-corrected chi connectivity index (χ0v) is 18.9. The zero-order chi connectivity index (χ0) is 22.4. The summed E-state index contributed by atoms with van der Waals surface area (Å²) < 4.78 is 0. The lowest BCUT2D eigenvalue weighted by molar-refractivity contribution is -0.115. The molecule has 0 spiro atoms. The van der Waals surface area contributed by atoms with Crippen molar-refractivity contribution in [1.29, 1.82) is 0 Å². The Bertz CT molecular complexity index is 1270. The van der Waals surface area contributed by atoms with Crippen molar-refractivity contribution in [2.45, 2.75) is 12.1 Å². The van der Waals surface area contributed by atoms with E-state index in [1.807, 2.05) is 41.3 Å². The summed E-state index contributed by atoms with van der Waals surface area (Å²) in [5, 5.41) is 16.4. The van der Waals surface area contributed by atoms with Crippen LogP contribution in [0.15, 0.2) is 90.3 Å². The third-order valence-corrected chi connectivity index (χ3v) is 6.37. The molecule has 2 N–H and O–H groups in total. The van der Waals surface area contributed by atoms with E-state index in [1.165, 1.54) is 0 Å². The van der Waals surface area contributed by atoms with Gasteiger partial charge in [0.25, 0.3) is 5.91 Å². The summed E-state index contributed by atoms with van der Waals surface area (Å²) in [6.07, 6.45) is 0.569. The molecule has 0 aromatic heterocycles. The Hall–Kier alpha value is -2.76. The monoisotopic (exact) mass is 482 g/mol. The molecule has 32 heavy (non-hydrogen) atoms. The molecule has 3 aromatic rings. The van der Waals surface area contributed by atoms with Gasteiger partial charge in [0.05, 0.1) is 17.4 Å². The zero-order valence-electron chi connectivity index (χ0n) is 16.6. The Morgan fingerprint density at radius 3 is 2.16 bits per heavy atom. The number of rotatable bonds is 3. The topological polar surface area (TPSA) is 52.6 Å². The van der Waals surface area contributed by atoms with Crippen molar-refractivity contribution >= 4 is 52.0 Å². The first-order valence-electron chi connectivity index (χ1n) is 9.94. The number of carbonyl (C=O) groups excluding carboxylic acids is 1. The third-order valence-electron chi connectivity index (χ3n) is 5.63. The average molecular weight is 484 g/mol. The summed E-state index contributed by atoms with van der Waals surface area (Å²) in [5.74, 6) is -0.252. The van der Waals surface area contributed by atoms with Crippen LogP contribution in [0.2, 0.25) is 15.1 Å². The molecule has 0 saturated carbocycles. The Morgan fingerprint density at radius 1 is 0.844 bits per heavy atom. The van der Waals surface area contributed by atoms with Gasteiger partial charge in [0.1, 0.15) is 6.10 Å². The molecule has 0 radical (unpaired) electrons. The predicted octanol–water partition coefficient (Wildman–Crippen LogP) is 5.99. The van der Waals surface area contributed by atoms with Crippen molar-refractivity contribution in [3.8, 4) is 0 Å². The lowest BCUT2D eigenvalue weighted by Gasteiger charge is -2.43. The van der Waals surface area contributed by atoms with Crippen LogP contribution in [0, 0.1) is 0 Å². The lowest BCUT2D eigenvalue weighted by atomic mass is 9.84. The number of benzene rings is 3. The molecule has 7 heteroatoms. The largest absolute Gasteiger partial charge is 0.386 e. The second-order valence-electron chi connectivity index (χ2n) is 7.61. The molecule has 0 saturated heterocycles. The molecule has 0 fully saturated rings. The van der Waals surface area contributed by atoms with Crippen molar-refractivity contribution in [3.05, 3.63) is 116 Å². The van der Waals surface area contributed by atoms with Gasteiger partial charge in [-0.05, 0) is 59.7 Å². The van der Waals surface area contributed by atoms with Gasteiger partial charge in [0, 0.05) is 32.4 Å². The summed E-state index contributed by atoms with van der Waals surface area (Å²) in [7, 11) is 0. The normalized spacial score (nSPS) is 20.2. The van der Waals surface area contributed by atoms with E-state index in [0.717, 1.165) is 16.8 Å². The summed E-state index contributed by atoms with van der Waals surface area (Å²) in [4.78, 5) is 14.4. The maximum Gasteiger partial charge on any atom is 0.250 e. The number of hydrogen-bond acceptors (Lipinski definition) is 3. The minimum atomic E-state index is -0.976. The van der Waals surface area contributed by atoms with Crippen molar-refractivity contribution in [2.24, 2.45) is 0 Å². The Morgan fingerprint density at radius 2 is 1.50 bits per heavy atom. The van der Waals surface area contributed by atoms with Crippen LogP contribution in [0.4, 0.5) is 5.69 Å². The molecule has 5 rings (SSSR count). The van der Waals surface area contributed by atoms with Gasteiger partial charge in [-0.1, -0.05) is 59.1 Å². The van der Waals surface area contributed by atoms with E-state index in [0.29, 0.717) is 32.0 Å². The van der Waals surface area contributed by atoms with Crippen LogP contribution >= 0.6 is 34.8 Å². The van der Waals surface area contributed by atoms with E-state index in [9.17, 15) is 9.90 Å². The highest BCUT2D eigenvalue weighted by Crippen LogP contribution is 2.47. The lowest BCUT2D eigenvalue weighted by Crippen LogP contribution is -2.42. The van der Waals surface area contributed by atoms with Gasteiger partial charge in [0.2, 0.25) is 0 Å². The minimum absolute atomic E-state index is 0.252. The third kappa shape index (κ3) is 3.70. The average Bonchev–Trinajstić information content (AvgIpc) is 3.15. The molecule has 2 aliphatic heterocycles. The standard InChI is InChI=1S/C25H17Cl3N2O2/c26-16-6-4-14(5-7-16)24-25(32)22(15-2-1-3-18(28)12-15)23-20(13-21(31)29-23)30(24)19-10-8-17(27)9-11-19/h1-13,24-25,32H,(H,29,31)/t24-,25+/m0/s1. The van der Waals surface area contributed by atoms with Crippen molar-refractivity contribution in [3.63, 3.8) is 0 Å². The maximum atomic E-state index is 12.5. The highest BCUT2D eigenvalue weighted by molar-refractivity contribution is 6.31. The van der Waals surface area contributed by atoms with Gasteiger partial charge in [-0.25, -0.2) is 0 Å². The summed E-state index contributed by atoms with van der Waals surface area (Å²) in [6.45, 7) is 0. The fraction of sp³-hybridized carbons (Fsp3) is 0.0800. The van der Waals surface area contributed by atoms with Crippen LogP contribution < -0.4 is 10.2 Å². The maximum absolute atomic E-state index is 12.5. The van der Waals surface area contributed by atoms with Gasteiger partial charge in [0.15, 0.2) is 0 Å². The van der Waals surface area contributed by atoms with E-state index in [4.69, 9.17) is 34.8 Å². The van der Waals surface area contributed by atoms with Crippen LogP contribution in [0.5, 0.6) is 0 Å². The number of aliphatic hydroxyl groups is 1. The summed E-state index contributed by atoms with van der Waals surface area (Å²) in [5.41, 5.74) is 4.20. The molecule has 2 aliphatic rings. The van der Waals surface area contributed by atoms with E-state index in [1.54, 1.807) is 42.5 Å². The van der Waals surface area contributed by atoms with Gasteiger partial charge >= 0.3 is 0 Å². The molecule has 0 aliphatic carbocycles. The predicted molar refractivity (Wildman–Crippen MR) is 129 cm³/mol. The molecule has 2 heterocycles. The SMILES string of the molecule is O=C1C=C2C(=C(c3cccc(Cl)c3)[C@@H](O)[C@H](c3ccc(Cl)cc3)N2c2ccc(Cl)cc2)N1. The van der Waals surface area contributed by atoms with Crippen molar-refractivity contribution in [2.75, 3.05) is 4.90 Å². The van der Waals surface area contributed by atoms with Crippen molar-refractivity contribution < 1.29 is 9.90 Å². The highest BCUT2D eigenvalue weighted by atomic mass is 35.5. The second-order valence-corrected chi connectivity index (χ2v) is 8.91. The van der Waals surface area contributed by atoms with Gasteiger partial charge in [-0.2, -0.15) is 0 Å². The van der Waals surface area contributed by atoms with Crippen molar-refractivity contribution in [1.82, 2.24) is 5.32 Å². The van der Waals surface area contributed by atoms with Crippen LogP contribution in [-0.2, 0) is 4.79 Å². The number of fused-ring (bicyclic) bond motifs is 1. The summed E-state index contributed by atoms with van der Waals surface area (Å²) >= 11 is 18.5. The first-order chi connectivity index (χ1) is 15.4. The van der Waals surface area contributed by atoms with Crippen LogP contribution in [0.1, 0.15) is 17.2 Å². The number of nitrogens with one attached hydrogen (secondary N) is 1. The fourth-order valence-corrected chi connectivity index (χ4v) is 4.72. The molecular weight excluding hydrogens is 467 g/mol. The molecule has 0 bridgehead atoms. The van der Waals surface area contributed by atoms with Crippen LogP contribution in [0.3, 0.4) is 0 Å². The van der Waals surface area contributed by atoms with E-state index in [-0.39, 0.29) is 5.91 Å². The number of carbonyl (C=O) groups is 1. The Kier molecular flexibility index (Phi) is 5.48. The molecule has 1 amide bonds. The molecule has 160 valence electrons. The minimum Gasteiger partial charge on any atom is -0.386 e. The first-order valence-corrected chi connectivity index (χ1v) is 11.1. The number of nitrogens with zero attached hydrogens (tertiary/aromatic N) is 1. The Balaban J connectivity index is 1.76. The number of aliphatic hydroxyl groups excluding tert-OH is 1. The van der Waals surface area contributed by atoms with E-state index in [2.05, 4.69) is 5.32 Å². The van der Waals surface area contributed by atoms with Crippen LogP contribution in [0.25, 0.3) is 5.57 Å². The molecular formula is C25H17Cl3N2O2. The van der Waals surface area contributed by atoms with Gasteiger partial charge in [-0.15, -0.1) is 0 Å². The molecule has 4 nitrogen and oxygen atoms in total. The van der Waals surface area contributed by atoms with Crippen LogP contribution in [-0.4, -0.2) is 17.1 Å². The summed E-state index contributed by atoms with van der Waals surface area (Å²) in [6, 6.07) is 21.3. The van der Waals surface area contributed by atoms with E-state index >= 15 is 0 Å². The van der Waals surface area contributed by atoms with Gasteiger partial charge in [-0.3, -0.25) is 4.79 Å². The first kappa shape index (κ1) is 21.1. The molecule has 0 unspecified atom stereocenters. The molecule has 3 aromatic carbocycles.